The van der Waals surface area contributed by atoms with Gasteiger partial charge in [-0.1, -0.05) is 41.7 Å². The van der Waals surface area contributed by atoms with E-state index in [0.717, 1.165) is 43.9 Å². The average molecular weight is 369 g/mol. The third kappa shape index (κ3) is 4.02. The molecular formula is C19H20N4S2. The van der Waals surface area contributed by atoms with Crippen molar-refractivity contribution < 1.29 is 0 Å². The normalized spacial score (nSPS) is 11.6. The predicted octanol–water partition coefficient (Wildman–Crippen LogP) is 5.41. The number of hydrogen-bond acceptors (Lipinski definition) is 4. The molecule has 0 aliphatic rings. The molecule has 4 nitrogen and oxygen atoms in total. The van der Waals surface area contributed by atoms with Gasteiger partial charge in [-0.15, -0.1) is 0 Å². The van der Waals surface area contributed by atoms with Crippen LogP contribution >= 0.6 is 23.5 Å². The summed E-state index contributed by atoms with van der Waals surface area (Å²) in [6.45, 7) is 2.10. The lowest BCUT2D eigenvalue weighted by Gasteiger charge is -1.98. The lowest BCUT2D eigenvalue weighted by molar-refractivity contribution is 0.900. The van der Waals surface area contributed by atoms with Crippen molar-refractivity contribution in [3.05, 3.63) is 48.0 Å². The van der Waals surface area contributed by atoms with Crippen LogP contribution in [0.1, 0.15) is 18.4 Å². The second-order valence-corrected chi connectivity index (χ2v) is 8.19. The van der Waals surface area contributed by atoms with Gasteiger partial charge in [0.25, 0.3) is 0 Å². The van der Waals surface area contributed by atoms with Crippen molar-refractivity contribution in [1.29, 1.82) is 0 Å². The molecule has 0 aliphatic carbocycles. The largest absolute Gasteiger partial charge is 0.333 e. The van der Waals surface area contributed by atoms with Gasteiger partial charge in [-0.25, -0.2) is 9.97 Å². The maximum Gasteiger partial charge on any atom is 0.166 e. The van der Waals surface area contributed by atoms with Crippen molar-refractivity contribution in [2.24, 2.45) is 0 Å². The summed E-state index contributed by atoms with van der Waals surface area (Å²) in [7, 11) is 0. The first-order chi connectivity index (χ1) is 12.3. The third-order valence-electron chi connectivity index (χ3n) is 4.00. The monoisotopic (exact) mass is 368 g/mol. The van der Waals surface area contributed by atoms with Gasteiger partial charge in [-0.2, -0.15) is 0 Å². The zero-order chi connectivity index (χ0) is 17.1. The molecule has 0 saturated heterocycles. The smallest absolute Gasteiger partial charge is 0.166 e. The van der Waals surface area contributed by atoms with Gasteiger partial charge in [0.2, 0.25) is 0 Å². The van der Waals surface area contributed by atoms with Crippen molar-refractivity contribution >= 4 is 45.6 Å². The molecule has 0 radical (unpaired) electrons. The lowest BCUT2D eigenvalue weighted by Crippen LogP contribution is -1.86. The molecule has 6 heteroatoms. The number of H-pyrrole nitrogens is 2. The number of aromatic amines is 2. The quantitative estimate of drug-likeness (QED) is 0.338. The van der Waals surface area contributed by atoms with E-state index in [1.165, 1.54) is 18.4 Å². The van der Waals surface area contributed by atoms with Crippen LogP contribution in [-0.4, -0.2) is 31.4 Å². The Labute approximate surface area is 155 Å². The van der Waals surface area contributed by atoms with Crippen molar-refractivity contribution in [3.8, 4) is 0 Å². The van der Waals surface area contributed by atoms with E-state index < -0.39 is 0 Å². The molecule has 2 N–H and O–H groups in total. The first-order valence-electron chi connectivity index (χ1n) is 8.45. The number of benzene rings is 2. The molecule has 0 amide bonds. The van der Waals surface area contributed by atoms with Crippen molar-refractivity contribution in [1.82, 2.24) is 19.9 Å². The van der Waals surface area contributed by atoms with Gasteiger partial charge >= 0.3 is 0 Å². The molecule has 0 unspecified atom stereocenters. The van der Waals surface area contributed by atoms with E-state index in [9.17, 15) is 0 Å². The zero-order valence-corrected chi connectivity index (χ0v) is 15.7. The molecule has 4 rings (SSSR count). The van der Waals surface area contributed by atoms with E-state index in [0.29, 0.717) is 0 Å². The molecule has 2 heterocycles. The van der Waals surface area contributed by atoms with Gasteiger partial charge < -0.3 is 9.97 Å². The first kappa shape index (κ1) is 16.5. The van der Waals surface area contributed by atoms with Gasteiger partial charge in [0.05, 0.1) is 22.1 Å². The summed E-state index contributed by atoms with van der Waals surface area (Å²) in [5.74, 6) is 2.17. The molecule has 0 fully saturated rings. The van der Waals surface area contributed by atoms with Crippen molar-refractivity contribution in [2.75, 3.05) is 11.5 Å². The Hall–Kier alpha value is -1.92. The van der Waals surface area contributed by atoms with Crippen LogP contribution in [0.5, 0.6) is 0 Å². The van der Waals surface area contributed by atoms with Gasteiger partial charge in [-0.05, 0) is 49.6 Å². The van der Waals surface area contributed by atoms with Gasteiger partial charge in [0.1, 0.15) is 0 Å². The molecular weight excluding hydrogens is 348 g/mol. The number of nitrogens with zero attached hydrogens (tertiary/aromatic N) is 2. The standard InChI is InChI=1S/C19H20N4S2/c1-13-8-9-16-17(12-13)23-19(22-16)25-11-5-4-10-24-18-20-14-6-2-3-7-15(14)21-18/h2-3,6-9,12H,4-5,10-11H2,1H3,(H,20,21)(H,22,23). The molecule has 25 heavy (non-hydrogen) atoms. The summed E-state index contributed by atoms with van der Waals surface area (Å²) in [6, 6.07) is 14.5. The summed E-state index contributed by atoms with van der Waals surface area (Å²) < 4.78 is 0. The van der Waals surface area contributed by atoms with E-state index in [2.05, 4.69) is 51.1 Å². The SMILES string of the molecule is Cc1ccc2nc(SCCCCSc3nc4ccccc4[nH]3)[nH]c2c1. The van der Waals surface area contributed by atoms with Crippen LogP contribution in [0.25, 0.3) is 22.1 Å². The van der Waals surface area contributed by atoms with Gasteiger partial charge in [0.15, 0.2) is 10.3 Å². The Morgan fingerprint density at radius 2 is 1.44 bits per heavy atom. The van der Waals surface area contributed by atoms with Crippen LogP contribution in [-0.2, 0) is 0 Å². The summed E-state index contributed by atoms with van der Waals surface area (Å²) >= 11 is 3.60. The van der Waals surface area contributed by atoms with E-state index >= 15 is 0 Å². The van der Waals surface area contributed by atoms with Gasteiger partial charge in [-0.3, -0.25) is 0 Å². The summed E-state index contributed by atoms with van der Waals surface area (Å²) in [6.07, 6.45) is 2.35. The number of rotatable bonds is 7. The highest BCUT2D eigenvalue weighted by Gasteiger charge is 2.04. The number of hydrogen-bond donors (Lipinski definition) is 2. The number of aromatic nitrogens is 4. The molecule has 4 aromatic rings. The fourth-order valence-corrected chi connectivity index (χ4v) is 4.48. The minimum Gasteiger partial charge on any atom is -0.333 e. The maximum atomic E-state index is 4.63. The predicted molar refractivity (Wildman–Crippen MR) is 108 cm³/mol. The van der Waals surface area contributed by atoms with Gasteiger partial charge in [0, 0.05) is 11.5 Å². The second kappa shape index (κ2) is 7.54. The maximum absolute atomic E-state index is 4.63. The number of aryl methyl sites for hydroxylation is 1. The molecule has 0 aliphatic heterocycles. The number of thioether (sulfide) groups is 2. The zero-order valence-electron chi connectivity index (χ0n) is 14.1. The van der Waals surface area contributed by atoms with E-state index in [1.807, 2.05) is 18.2 Å². The summed E-state index contributed by atoms with van der Waals surface area (Å²) in [5, 5.41) is 2.03. The molecule has 128 valence electrons. The fraction of sp³-hybridized carbons (Fsp3) is 0.263. The molecule has 0 saturated carbocycles. The minimum absolute atomic E-state index is 1.02. The van der Waals surface area contributed by atoms with Crippen LogP contribution in [0, 0.1) is 6.92 Å². The van der Waals surface area contributed by atoms with Crippen LogP contribution in [0.3, 0.4) is 0 Å². The highest BCUT2D eigenvalue weighted by molar-refractivity contribution is 7.99. The Morgan fingerprint density at radius 1 is 0.800 bits per heavy atom. The lowest BCUT2D eigenvalue weighted by atomic mass is 10.2. The second-order valence-electron chi connectivity index (χ2n) is 6.03. The Bertz CT molecular complexity index is 956. The fourth-order valence-electron chi connectivity index (χ4n) is 2.71. The molecule has 0 bridgehead atoms. The topological polar surface area (TPSA) is 57.4 Å². The Morgan fingerprint density at radius 3 is 2.16 bits per heavy atom. The molecule has 0 spiro atoms. The third-order valence-corrected chi connectivity index (χ3v) is 5.92. The Kier molecular flexibility index (Phi) is 4.99. The molecule has 2 aromatic heterocycles. The number of imidazole rings is 2. The van der Waals surface area contributed by atoms with E-state index in [4.69, 9.17) is 0 Å². The molecule has 2 aromatic carbocycles. The average Bonchev–Trinajstić information content (AvgIpc) is 3.20. The Balaban J connectivity index is 1.21. The number of nitrogens with one attached hydrogen (secondary N) is 2. The minimum atomic E-state index is 1.02. The van der Waals surface area contributed by atoms with Crippen LogP contribution < -0.4 is 0 Å². The highest BCUT2D eigenvalue weighted by atomic mass is 32.2. The van der Waals surface area contributed by atoms with E-state index in [-0.39, 0.29) is 0 Å². The summed E-state index contributed by atoms with van der Waals surface area (Å²) in [5.41, 5.74) is 5.59. The van der Waals surface area contributed by atoms with Crippen LogP contribution in [0.15, 0.2) is 52.8 Å². The first-order valence-corrected chi connectivity index (χ1v) is 10.4. The van der Waals surface area contributed by atoms with Crippen LogP contribution in [0.2, 0.25) is 0 Å². The highest BCUT2D eigenvalue weighted by Crippen LogP contribution is 2.23. The van der Waals surface area contributed by atoms with Crippen LogP contribution in [0.4, 0.5) is 0 Å². The van der Waals surface area contributed by atoms with Crippen molar-refractivity contribution in [2.45, 2.75) is 30.1 Å². The summed E-state index contributed by atoms with van der Waals surface area (Å²) in [4.78, 5) is 16.0. The van der Waals surface area contributed by atoms with E-state index in [1.54, 1.807) is 23.5 Å². The van der Waals surface area contributed by atoms with Crippen molar-refractivity contribution in [3.63, 3.8) is 0 Å². The number of unbranched alkanes of at least 4 members (excludes halogenated alkanes) is 1. The molecule has 0 atom stereocenters. The number of para-hydroxylation sites is 2. The number of fused-ring (bicyclic) bond motifs is 2.